The summed E-state index contributed by atoms with van der Waals surface area (Å²) >= 11 is 0. The second-order valence-corrected chi connectivity index (χ2v) is 8.43. The lowest BCUT2D eigenvalue weighted by Crippen LogP contribution is -2.59. The molecule has 1 aromatic carbocycles. The molecular formula is C23H29FN4O3. The predicted molar refractivity (Wildman–Crippen MR) is 115 cm³/mol. The summed E-state index contributed by atoms with van der Waals surface area (Å²) in [6, 6.07) is 7.49. The van der Waals surface area contributed by atoms with E-state index in [1.807, 2.05) is 0 Å². The third-order valence-corrected chi connectivity index (χ3v) is 6.45. The van der Waals surface area contributed by atoms with Gasteiger partial charge in [-0.3, -0.25) is 14.5 Å². The molecule has 8 heteroatoms. The van der Waals surface area contributed by atoms with Crippen LogP contribution >= 0.6 is 0 Å². The Balaban J connectivity index is 1.57. The smallest absolute Gasteiger partial charge is 0.275 e. The monoisotopic (exact) mass is 428 g/mol. The average Bonchev–Trinajstić information content (AvgIpc) is 2.79. The van der Waals surface area contributed by atoms with Crippen LogP contribution in [-0.2, 0) is 4.74 Å². The Bertz CT molecular complexity index is 995. The topological polar surface area (TPSA) is 76.5 Å². The number of amides is 1. The zero-order valence-electron chi connectivity index (χ0n) is 17.9. The quantitative estimate of drug-likeness (QED) is 0.792. The molecule has 1 aliphatic heterocycles. The molecule has 0 radical (unpaired) electrons. The van der Waals surface area contributed by atoms with Gasteiger partial charge in [0.2, 0.25) is 5.43 Å². The van der Waals surface area contributed by atoms with Crippen LogP contribution in [-0.4, -0.2) is 59.0 Å². The summed E-state index contributed by atoms with van der Waals surface area (Å²) < 4.78 is 21.1. The number of rotatable bonds is 5. The third-order valence-electron chi connectivity index (χ3n) is 6.45. The second-order valence-electron chi connectivity index (χ2n) is 8.43. The Kier molecular flexibility index (Phi) is 6.48. The number of nitrogens with zero attached hydrogens (tertiary/aromatic N) is 3. The van der Waals surface area contributed by atoms with Gasteiger partial charge in [-0.05, 0) is 31.9 Å². The molecule has 0 unspecified atom stereocenters. The van der Waals surface area contributed by atoms with Crippen molar-refractivity contribution < 1.29 is 13.9 Å². The fourth-order valence-corrected chi connectivity index (χ4v) is 4.75. The maximum Gasteiger partial charge on any atom is 0.275 e. The maximum atomic E-state index is 14.3. The van der Waals surface area contributed by atoms with E-state index >= 15 is 0 Å². The zero-order chi connectivity index (χ0) is 21.8. The molecule has 1 aromatic heterocycles. The standard InChI is InChI=1S/C23H29FN4O3/c1-17-15-20(29)21(26-28(17)19-8-4-3-7-18(19)24)22(30)25-16-23(9-5-2-6-10-23)27-11-13-31-14-12-27/h3-4,7-8,15H,2,5-6,9-14,16H2,1H3,(H,25,30). The van der Waals surface area contributed by atoms with Gasteiger partial charge in [0.1, 0.15) is 11.5 Å². The van der Waals surface area contributed by atoms with Gasteiger partial charge in [-0.2, -0.15) is 5.10 Å². The summed E-state index contributed by atoms with van der Waals surface area (Å²) in [5, 5.41) is 7.19. The van der Waals surface area contributed by atoms with Crippen molar-refractivity contribution in [2.24, 2.45) is 0 Å². The highest BCUT2D eigenvalue weighted by atomic mass is 19.1. The van der Waals surface area contributed by atoms with Gasteiger partial charge in [0, 0.05) is 36.9 Å². The first-order valence-electron chi connectivity index (χ1n) is 11.0. The van der Waals surface area contributed by atoms with Gasteiger partial charge in [-0.25, -0.2) is 9.07 Å². The first-order chi connectivity index (χ1) is 15.0. The number of nitrogens with one attached hydrogen (secondary N) is 1. The van der Waals surface area contributed by atoms with Crippen molar-refractivity contribution in [2.45, 2.75) is 44.6 Å². The van der Waals surface area contributed by atoms with Crippen molar-refractivity contribution in [3.05, 3.63) is 57.8 Å². The minimum absolute atomic E-state index is 0.118. The molecule has 0 bridgehead atoms. The number of carbonyl (C=O) groups is 1. The maximum absolute atomic E-state index is 14.3. The number of hydrogen-bond acceptors (Lipinski definition) is 5. The Labute approximate surface area is 181 Å². The van der Waals surface area contributed by atoms with Gasteiger partial charge in [0.05, 0.1) is 13.2 Å². The van der Waals surface area contributed by atoms with Gasteiger partial charge in [0.15, 0.2) is 5.69 Å². The molecule has 1 saturated heterocycles. The highest BCUT2D eigenvalue weighted by molar-refractivity contribution is 5.92. The number of para-hydroxylation sites is 1. The normalized spacial score (nSPS) is 19.2. The molecule has 2 heterocycles. The van der Waals surface area contributed by atoms with E-state index < -0.39 is 17.2 Å². The van der Waals surface area contributed by atoms with E-state index in [0.29, 0.717) is 25.5 Å². The van der Waals surface area contributed by atoms with Crippen LogP contribution < -0.4 is 10.7 Å². The molecule has 0 spiro atoms. The van der Waals surface area contributed by atoms with E-state index in [1.54, 1.807) is 25.1 Å². The van der Waals surface area contributed by atoms with Crippen LogP contribution in [0.25, 0.3) is 5.69 Å². The molecule has 1 amide bonds. The van der Waals surface area contributed by atoms with Crippen LogP contribution in [0, 0.1) is 12.7 Å². The summed E-state index contributed by atoms with van der Waals surface area (Å²) in [6.07, 6.45) is 5.46. The van der Waals surface area contributed by atoms with Crippen molar-refractivity contribution in [1.82, 2.24) is 20.0 Å². The number of aryl methyl sites for hydroxylation is 1. The van der Waals surface area contributed by atoms with Gasteiger partial charge < -0.3 is 10.1 Å². The number of ether oxygens (including phenoxy) is 1. The average molecular weight is 429 g/mol. The Morgan fingerprint density at radius 1 is 1.19 bits per heavy atom. The molecule has 0 atom stereocenters. The van der Waals surface area contributed by atoms with Crippen LogP contribution in [0.15, 0.2) is 35.1 Å². The third kappa shape index (κ3) is 4.55. The van der Waals surface area contributed by atoms with Crippen molar-refractivity contribution in [3.63, 3.8) is 0 Å². The van der Waals surface area contributed by atoms with E-state index in [4.69, 9.17) is 4.74 Å². The summed E-state index contributed by atoms with van der Waals surface area (Å²) in [5.74, 6) is -0.991. The van der Waals surface area contributed by atoms with E-state index in [1.165, 1.54) is 23.2 Å². The van der Waals surface area contributed by atoms with E-state index in [-0.39, 0.29) is 16.9 Å². The lowest BCUT2D eigenvalue weighted by Gasteiger charge is -2.48. The summed E-state index contributed by atoms with van der Waals surface area (Å²) in [7, 11) is 0. The van der Waals surface area contributed by atoms with E-state index in [9.17, 15) is 14.0 Å². The first kappa shape index (κ1) is 21.6. The first-order valence-corrected chi connectivity index (χ1v) is 11.0. The summed E-state index contributed by atoms with van der Waals surface area (Å²) in [4.78, 5) is 27.9. The van der Waals surface area contributed by atoms with Crippen molar-refractivity contribution >= 4 is 5.91 Å². The fraction of sp³-hybridized carbons (Fsp3) is 0.522. The molecule has 2 fully saturated rings. The lowest BCUT2D eigenvalue weighted by molar-refractivity contribution is -0.0361. The summed E-state index contributed by atoms with van der Waals surface area (Å²) in [5.41, 5.74) is -0.143. The van der Waals surface area contributed by atoms with E-state index in [2.05, 4.69) is 15.3 Å². The number of halogens is 1. The van der Waals surface area contributed by atoms with Crippen LogP contribution in [0.5, 0.6) is 0 Å². The molecule has 4 rings (SSSR count). The second kappa shape index (κ2) is 9.28. The van der Waals surface area contributed by atoms with E-state index in [0.717, 1.165) is 38.8 Å². The predicted octanol–water partition coefficient (Wildman–Crippen LogP) is 2.44. The number of carbonyl (C=O) groups excluding carboxylic acids is 1. The van der Waals surface area contributed by atoms with Crippen LogP contribution in [0.4, 0.5) is 4.39 Å². The molecular weight excluding hydrogens is 399 g/mol. The molecule has 166 valence electrons. The largest absolute Gasteiger partial charge is 0.379 e. The molecule has 1 N–H and O–H groups in total. The highest BCUT2D eigenvalue weighted by Gasteiger charge is 2.39. The fourth-order valence-electron chi connectivity index (χ4n) is 4.75. The van der Waals surface area contributed by atoms with Gasteiger partial charge in [-0.1, -0.05) is 31.4 Å². The zero-order valence-corrected chi connectivity index (χ0v) is 17.9. The van der Waals surface area contributed by atoms with Crippen molar-refractivity contribution in [1.29, 1.82) is 0 Å². The molecule has 31 heavy (non-hydrogen) atoms. The van der Waals surface area contributed by atoms with Crippen molar-refractivity contribution in [2.75, 3.05) is 32.8 Å². The lowest BCUT2D eigenvalue weighted by atomic mass is 9.79. The number of aromatic nitrogens is 2. The Hall–Kier alpha value is -2.58. The van der Waals surface area contributed by atoms with Crippen LogP contribution in [0.2, 0.25) is 0 Å². The molecule has 1 saturated carbocycles. The SMILES string of the molecule is Cc1cc(=O)c(C(=O)NCC2(N3CCOCC3)CCCCC2)nn1-c1ccccc1F. The minimum Gasteiger partial charge on any atom is -0.379 e. The van der Waals surface area contributed by atoms with Crippen molar-refractivity contribution in [3.8, 4) is 5.69 Å². The van der Waals surface area contributed by atoms with Gasteiger partial charge in [-0.15, -0.1) is 0 Å². The summed E-state index contributed by atoms with van der Waals surface area (Å²) in [6.45, 7) is 5.21. The number of morpholine rings is 1. The molecule has 2 aliphatic rings. The molecule has 1 aliphatic carbocycles. The van der Waals surface area contributed by atoms with Gasteiger partial charge >= 0.3 is 0 Å². The molecule has 7 nitrogen and oxygen atoms in total. The number of hydrogen-bond donors (Lipinski definition) is 1. The number of benzene rings is 1. The van der Waals surface area contributed by atoms with Gasteiger partial charge in [0.25, 0.3) is 5.91 Å². The Morgan fingerprint density at radius 2 is 1.90 bits per heavy atom. The minimum atomic E-state index is -0.520. The Morgan fingerprint density at radius 3 is 2.61 bits per heavy atom. The van der Waals surface area contributed by atoms with Crippen LogP contribution in [0.3, 0.4) is 0 Å². The highest BCUT2D eigenvalue weighted by Crippen LogP contribution is 2.33. The molecule has 2 aromatic rings. The van der Waals surface area contributed by atoms with Crippen LogP contribution in [0.1, 0.15) is 48.3 Å².